The number of rotatable bonds is 4. The maximum Gasteiger partial charge on any atom is 0.231 e. The van der Waals surface area contributed by atoms with E-state index >= 15 is 0 Å². The summed E-state index contributed by atoms with van der Waals surface area (Å²) < 4.78 is 10.8. The lowest BCUT2D eigenvalue weighted by molar-refractivity contribution is 0.174. The van der Waals surface area contributed by atoms with Crippen LogP contribution in [0.15, 0.2) is 24.4 Å². The maximum absolute atomic E-state index is 5.76. The van der Waals surface area contributed by atoms with E-state index in [1.807, 2.05) is 18.2 Å². The van der Waals surface area contributed by atoms with Gasteiger partial charge in [-0.2, -0.15) is 0 Å². The lowest BCUT2D eigenvalue weighted by Gasteiger charge is -2.23. The van der Waals surface area contributed by atoms with Gasteiger partial charge in [-0.3, -0.25) is 0 Å². The topological polar surface area (TPSA) is 69.4 Å². The standard InChI is InChI=1S/C15H19N3O2/c1-15(2,7-16)8-18-14-11-6-13-12(19-9-20-13)5-10(11)3-4-17-14/h3-6H,7-9,16H2,1-2H3,(H,17,18). The first-order valence-corrected chi connectivity index (χ1v) is 6.71. The lowest BCUT2D eigenvalue weighted by Crippen LogP contribution is -2.31. The Bertz CT molecular complexity index is 640. The van der Waals surface area contributed by atoms with Crippen molar-refractivity contribution >= 4 is 16.6 Å². The molecule has 106 valence electrons. The van der Waals surface area contributed by atoms with Gasteiger partial charge >= 0.3 is 0 Å². The highest BCUT2D eigenvalue weighted by molar-refractivity contribution is 5.94. The Balaban J connectivity index is 1.95. The van der Waals surface area contributed by atoms with Gasteiger partial charge in [0.2, 0.25) is 6.79 Å². The smallest absolute Gasteiger partial charge is 0.231 e. The predicted molar refractivity (Wildman–Crippen MR) is 79.2 cm³/mol. The molecule has 0 aliphatic carbocycles. The van der Waals surface area contributed by atoms with Gasteiger partial charge in [0.25, 0.3) is 0 Å². The van der Waals surface area contributed by atoms with E-state index in [1.54, 1.807) is 6.20 Å². The van der Waals surface area contributed by atoms with Gasteiger partial charge in [0.15, 0.2) is 11.5 Å². The highest BCUT2D eigenvalue weighted by Crippen LogP contribution is 2.37. The molecule has 5 nitrogen and oxygen atoms in total. The molecule has 1 aromatic heterocycles. The van der Waals surface area contributed by atoms with Gasteiger partial charge in [-0.05, 0) is 35.5 Å². The van der Waals surface area contributed by atoms with Crippen LogP contribution in [0.3, 0.4) is 0 Å². The van der Waals surface area contributed by atoms with Crippen molar-refractivity contribution in [3.05, 3.63) is 24.4 Å². The highest BCUT2D eigenvalue weighted by Gasteiger charge is 2.18. The Morgan fingerprint density at radius 2 is 2.05 bits per heavy atom. The van der Waals surface area contributed by atoms with E-state index in [0.29, 0.717) is 6.54 Å². The average molecular weight is 273 g/mol. The summed E-state index contributed by atoms with van der Waals surface area (Å²) >= 11 is 0. The summed E-state index contributed by atoms with van der Waals surface area (Å²) in [5.74, 6) is 2.41. The third kappa shape index (κ3) is 2.36. The summed E-state index contributed by atoms with van der Waals surface area (Å²) in [7, 11) is 0. The second kappa shape index (κ2) is 4.83. The van der Waals surface area contributed by atoms with E-state index in [1.165, 1.54) is 0 Å². The van der Waals surface area contributed by atoms with Crippen LogP contribution in [0.25, 0.3) is 10.8 Å². The number of anilines is 1. The molecule has 0 saturated heterocycles. The van der Waals surface area contributed by atoms with Crippen molar-refractivity contribution in [1.29, 1.82) is 0 Å². The normalized spacial score (nSPS) is 13.8. The molecule has 3 rings (SSSR count). The molecule has 2 aromatic rings. The fraction of sp³-hybridized carbons (Fsp3) is 0.400. The number of ether oxygens (including phenoxy) is 2. The first-order chi connectivity index (χ1) is 9.59. The maximum atomic E-state index is 5.76. The molecule has 20 heavy (non-hydrogen) atoms. The van der Waals surface area contributed by atoms with Gasteiger partial charge in [0, 0.05) is 18.1 Å². The number of fused-ring (bicyclic) bond motifs is 2. The zero-order chi connectivity index (χ0) is 14.2. The molecular weight excluding hydrogens is 254 g/mol. The van der Waals surface area contributed by atoms with E-state index in [0.717, 1.165) is 34.6 Å². The SMILES string of the molecule is CC(C)(CN)CNc1nccc2cc3c(cc12)OCO3. The van der Waals surface area contributed by atoms with Crippen molar-refractivity contribution < 1.29 is 9.47 Å². The molecule has 1 aliphatic heterocycles. The molecule has 0 atom stereocenters. The third-order valence-electron chi connectivity index (χ3n) is 3.54. The molecule has 0 spiro atoms. The molecule has 1 aliphatic rings. The van der Waals surface area contributed by atoms with Crippen LogP contribution in [0.4, 0.5) is 5.82 Å². The first kappa shape index (κ1) is 13.0. The van der Waals surface area contributed by atoms with Crippen LogP contribution in [0.2, 0.25) is 0 Å². The number of nitrogens with two attached hydrogens (primary N) is 1. The van der Waals surface area contributed by atoms with Crippen LogP contribution in [0, 0.1) is 5.41 Å². The molecule has 0 fully saturated rings. The van der Waals surface area contributed by atoms with Gasteiger partial charge in [-0.15, -0.1) is 0 Å². The predicted octanol–water partition coefficient (Wildman–Crippen LogP) is 2.36. The number of aromatic nitrogens is 1. The van der Waals surface area contributed by atoms with E-state index in [4.69, 9.17) is 15.2 Å². The highest BCUT2D eigenvalue weighted by atomic mass is 16.7. The van der Waals surface area contributed by atoms with Crippen molar-refractivity contribution in [2.75, 3.05) is 25.2 Å². The van der Waals surface area contributed by atoms with Crippen molar-refractivity contribution in [2.45, 2.75) is 13.8 Å². The van der Waals surface area contributed by atoms with Gasteiger partial charge in [-0.25, -0.2) is 4.98 Å². The van der Waals surface area contributed by atoms with Gasteiger partial charge in [0.05, 0.1) is 0 Å². The molecule has 0 amide bonds. The van der Waals surface area contributed by atoms with Crippen molar-refractivity contribution in [1.82, 2.24) is 4.98 Å². The zero-order valence-corrected chi connectivity index (χ0v) is 11.8. The van der Waals surface area contributed by atoms with Crippen LogP contribution in [0.1, 0.15) is 13.8 Å². The average Bonchev–Trinajstić information content (AvgIpc) is 2.90. The minimum Gasteiger partial charge on any atom is -0.454 e. The molecule has 3 N–H and O–H groups in total. The van der Waals surface area contributed by atoms with E-state index in [9.17, 15) is 0 Å². The molecule has 1 aromatic carbocycles. The summed E-state index contributed by atoms with van der Waals surface area (Å²) in [5, 5.41) is 5.50. The summed E-state index contributed by atoms with van der Waals surface area (Å²) in [4.78, 5) is 4.42. The Morgan fingerprint density at radius 1 is 1.30 bits per heavy atom. The third-order valence-corrected chi connectivity index (χ3v) is 3.54. The van der Waals surface area contributed by atoms with Crippen molar-refractivity contribution in [2.24, 2.45) is 11.1 Å². The van der Waals surface area contributed by atoms with Crippen molar-refractivity contribution in [3.63, 3.8) is 0 Å². The molecule has 0 bridgehead atoms. The largest absolute Gasteiger partial charge is 0.454 e. The quantitative estimate of drug-likeness (QED) is 0.895. The first-order valence-electron chi connectivity index (χ1n) is 6.71. The number of benzene rings is 1. The minimum atomic E-state index is 0.0280. The van der Waals surface area contributed by atoms with Gasteiger partial charge in [0.1, 0.15) is 5.82 Å². The lowest BCUT2D eigenvalue weighted by atomic mass is 9.94. The Kier molecular flexibility index (Phi) is 3.14. The van der Waals surface area contributed by atoms with E-state index in [-0.39, 0.29) is 12.2 Å². The summed E-state index contributed by atoms with van der Waals surface area (Å²) in [5.41, 5.74) is 5.79. The number of nitrogens with zero attached hydrogens (tertiary/aromatic N) is 1. The Morgan fingerprint density at radius 3 is 2.80 bits per heavy atom. The minimum absolute atomic E-state index is 0.0280. The van der Waals surface area contributed by atoms with Crippen LogP contribution in [-0.4, -0.2) is 24.9 Å². The van der Waals surface area contributed by atoms with Crippen LogP contribution >= 0.6 is 0 Å². The van der Waals surface area contributed by atoms with E-state index in [2.05, 4.69) is 24.1 Å². The fourth-order valence-electron chi connectivity index (χ4n) is 2.10. The van der Waals surface area contributed by atoms with Crippen LogP contribution in [-0.2, 0) is 0 Å². The molecule has 5 heteroatoms. The number of hydrogen-bond donors (Lipinski definition) is 2. The Labute approximate surface area is 118 Å². The molecule has 0 saturated carbocycles. The van der Waals surface area contributed by atoms with Gasteiger partial charge < -0.3 is 20.5 Å². The monoisotopic (exact) mass is 273 g/mol. The second-order valence-corrected chi connectivity index (χ2v) is 5.81. The molecule has 0 unspecified atom stereocenters. The van der Waals surface area contributed by atoms with Crippen LogP contribution < -0.4 is 20.5 Å². The number of pyridine rings is 1. The number of nitrogens with one attached hydrogen (secondary N) is 1. The zero-order valence-electron chi connectivity index (χ0n) is 11.8. The Hall–Kier alpha value is -2.01. The second-order valence-electron chi connectivity index (χ2n) is 5.81. The van der Waals surface area contributed by atoms with E-state index < -0.39 is 0 Å². The molecular formula is C15H19N3O2. The molecule has 0 radical (unpaired) electrons. The van der Waals surface area contributed by atoms with Gasteiger partial charge in [-0.1, -0.05) is 13.8 Å². The molecule has 2 heterocycles. The number of hydrogen-bond acceptors (Lipinski definition) is 5. The summed E-state index contributed by atoms with van der Waals surface area (Å²) in [6, 6.07) is 5.93. The summed E-state index contributed by atoms with van der Waals surface area (Å²) in [6.07, 6.45) is 1.79. The van der Waals surface area contributed by atoms with Crippen molar-refractivity contribution in [3.8, 4) is 11.5 Å². The fourth-order valence-corrected chi connectivity index (χ4v) is 2.10. The van der Waals surface area contributed by atoms with Crippen LogP contribution in [0.5, 0.6) is 11.5 Å². The summed E-state index contributed by atoms with van der Waals surface area (Å²) in [6.45, 7) is 5.92.